The zero-order valence-corrected chi connectivity index (χ0v) is 9.83. The summed E-state index contributed by atoms with van der Waals surface area (Å²) in [5.41, 5.74) is 0.598. The normalized spacial score (nSPS) is 31.5. The number of nitrogens with zero attached hydrogens (tertiary/aromatic N) is 1. The Balaban J connectivity index is 2.09. The fourth-order valence-corrected chi connectivity index (χ4v) is 3.26. The first-order valence-corrected chi connectivity index (χ1v) is 6.48. The molecule has 15 heavy (non-hydrogen) atoms. The summed E-state index contributed by atoms with van der Waals surface area (Å²) in [6.45, 7) is 2.13. The molecule has 2 atom stereocenters. The first-order chi connectivity index (χ1) is 7.21. The molecule has 1 aliphatic heterocycles. The van der Waals surface area contributed by atoms with Crippen LogP contribution in [0.5, 0.6) is 0 Å². The average molecular weight is 223 g/mol. The maximum absolute atomic E-state index is 10.5. The van der Waals surface area contributed by atoms with Gasteiger partial charge in [0.1, 0.15) is 0 Å². The molecule has 0 spiro atoms. The van der Waals surface area contributed by atoms with E-state index in [9.17, 15) is 5.11 Å². The molecule has 0 aliphatic carbocycles. The van der Waals surface area contributed by atoms with E-state index in [2.05, 4.69) is 11.9 Å². The van der Waals surface area contributed by atoms with E-state index in [1.165, 1.54) is 5.75 Å². The van der Waals surface area contributed by atoms with Gasteiger partial charge in [-0.2, -0.15) is 11.8 Å². The topological polar surface area (TPSA) is 33.1 Å². The van der Waals surface area contributed by atoms with Crippen molar-refractivity contribution >= 4 is 11.8 Å². The van der Waals surface area contributed by atoms with Gasteiger partial charge in [-0.05, 0) is 30.2 Å². The SMILES string of the molecule is CC1SCCCC1(O)Cc1cccnc1. The van der Waals surface area contributed by atoms with Gasteiger partial charge >= 0.3 is 0 Å². The summed E-state index contributed by atoms with van der Waals surface area (Å²) in [5.74, 6) is 1.18. The lowest BCUT2D eigenvalue weighted by Gasteiger charge is -2.37. The van der Waals surface area contributed by atoms with Crippen LogP contribution in [0, 0.1) is 0 Å². The molecular weight excluding hydrogens is 206 g/mol. The van der Waals surface area contributed by atoms with Crippen molar-refractivity contribution in [2.24, 2.45) is 0 Å². The molecule has 0 saturated carbocycles. The van der Waals surface area contributed by atoms with Crippen LogP contribution in [0.15, 0.2) is 24.5 Å². The molecule has 2 nitrogen and oxygen atoms in total. The molecule has 1 aromatic heterocycles. The molecule has 2 heterocycles. The number of aliphatic hydroxyl groups is 1. The molecule has 1 N–H and O–H groups in total. The smallest absolute Gasteiger partial charge is 0.0804 e. The van der Waals surface area contributed by atoms with Crippen molar-refractivity contribution in [3.05, 3.63) is 30.1 Å². The highest BCUT2D eigenvalue weighted by atomic mass is 32.2. The standard InChI is InChI=1S/C12H17NOS/c1-10-12(14,5-3-7-15-10)8-11-4-2-6-13-9-11/h2,4,6,9-10,14H,3,5,7-8H2,1H3. The Kier molecular flexibility index (Phi) is 3.32. The van der Waals surface area contributed by atoms with Gasteiger partial charge in [0.05, 0.1) is 5.60 Å². The Morgan fingerprint density at radius 3 is 3.20 bits per heavy atom. The summed E-state index contributed by atoms with van der Waals surface area (Å²) in [5, 5.41) is 10.9. The minimum absolute atomic E-state index is 0.325. The minimum Gasteiger partial charge on any atom is -0.388 e. The van der Waals surface area contributed by atoms with E-state index in [0.29, 0.717) is 5.25 Å². The van der Waals surface area contributed by atoms with E-state index in [4.69, 9.17) is 0 Å². The number of hydrogen-bond donors (Lipinski definition) is 1. The lowest BCUT2D eigenvalue weighted by atomic mass is 9.87. The van der Waals surface area contributed by atoms with Gasteiger partial charge in [0.2, 0.25) is 0 Å². The minimum atomic E-state index is -0.536. The highest BCUT2D eigenvalue weighted by molar-refractivity contribution is 8.00. The first kappa shape index (κ1) is 11.0. The summed E-state index contributed by atoms with van der Waals surface area (Å²) in [4.78, 5) is 4.09. The van der Waals surface area contributed by atoms with Gasteiger partial charge < -0.3 is 5.11 Å². The number of rotatable bonds is 2. The molecule has 1 fully saturated rings. The number of thioether (sulfide) groups is 1. The molecular formula is C12H17NOS. The van der Waals surface area contributed by atoms with E-state index in [1.54, 1.807) is 6.20 Å². The van der Waals surface area contributed by atoms with Gasteiger partial charge in [-0.25, -0.2) is 0 Å². The highest BCUT2D eigenvalue weighted by Gasteiger charge is 2.36. The van der Waals surface area contributed by atoms with Crippen molar-refractivity contribution in [2.75, 3.05) is 5.75 Å². The molecule has 1 saturated heterocycles. The van der Waals surface area contributed by atoms with Crippen molar-refractivity contribution in [2.45, 2.75) is 37.0 Å². The summed E-state index contributed by atoms with van der Waals surface area (Å²) in [6.07, 6.45) is 6.38. The number of aromatic nitrogens is 1. The van der Waals surface area contributed by atoms with Crippen LogP contribution in [0.1, 0.15) is 25.3 Å². The molecule has 0 bridgehead atoms. The molecule has 0 amide bonds. The monoisotopic (exact) mass is 223 g/mol. The van der Waals surface area contributed by atoms with E-state index in [-0.39, 0.29) is 0 Å². The van der Waals surface area contributed by atoms with E-state index >= 15 is 0 Å². The predicted molar refractivity (Wildman–Crippen MR) is 64.0 cm³/mol. The molecule has 1 aromatic rings. The third-order valence-corrected chi connectivity index (χ3v) is 4.57. The van der Waals surface area contributed by atoms with E-state index in [1.807, 2.05) is 30.1 Å². The summed E-state index contributed by atoms with van der Waals surface area (Å²) in [7, 11) is 0. The molecule has 82 valence electrons. The fraction of sp³-hybridized carbons (Fsp3) is 0.583. The largest absolute Gasteiger partial charge is 0.388 e. The molecule has 0 radical (unpaired) electrons. The summed E-state index contributed by atoms with van der Waals surface area (Å²) in [6, 6.07) is 3.97. The first-order valence-electron chi connectivity index (χ1n) is 5.44. The van der Waals surface area contributed by atoms with Gasteiger partial charge in [-0.3, -0.25) is 4.98 Å². The van der Waals surface area contributed by atoms with Gasteiger partial charge in [0.25, 0.3) is 0 Å². The van der Waals surface area contributed by atoms with Crippen LogP contribution in [0.3, 0.4) is 0 Å². The number of hydrogen-bond acceptors (Lipinski definition) is 3. The maximum Gasteiger partial charge on any atom is 0.0804 e. The average Bonchev–Trinajstić information content (AvgIpc) is 2.24. The zero-order valence-electron chi connectivity index (χ0n) is 9.02. The van der Waals surface area contributed by atoms with Gasteiger partial charge in [0, 0.05) is 24.1 Å². The van der Waals surface area contributed by atoms with Crippen LogP contribution < -0.4 is 0 Å². The second-order valence-corrected chi connectivity index (χ2v) is 5.71. The molecule has 1 aliphatic rings. The van der Waals surface area contributed by atoms with Crippen molar-refractivity contribution in [1.82, 2.24) is 4.98 Å². The van der Waals surface area contributed by atoms with E-state index in [0.717, 1.165) is 24.8 Å². The van der Waals surface area contributed by atoms with Crippen LogP contribution in [-0.2, 0) is 6.42 Å². The molecule has 2 rings (SSSR count). The van der Waals surface area contributed by atoms with Crippen LogP contribution >= 0.6 is 11.8 Å². The Bertz CT molecular complexity index is 317. The Morgan fingerprint density at radius 2 is 2.53 bits per heavy atom. The van der Waals surface area contributed by atoms with Crippen LogP contribution in [-0.4, -0.2) is 26.7 Å². The molecule has 0 aromatic carbocycles. The van der Waals surface area contributed by atoms with Gasteiger partial charge in [-0.1, -0.05) is 13.0 Å². The Hall–Kier alpha value is -0.540. The van der Waals surface area contributed by atoms with Crippen LogP contribution in [0.2, 0.25) is 0 Å². The molecule has 2 unspecified atom stereocenters. The summed E-state index contributed by atoms with van der Waals surface area (Å²) >= 11 is 1.87. The second kappa shape index (κ2) is 4.54. The second-order valence-electron chi connectivity index (χ2n) is 4.26. The Morgan fingerprint density at radius 1 is 1.67 bits per heavy atom. The third kappa shape index (κ3) is 2.52. The fourth-order valence-electron chi connectivity index (χ4n) is 2.09. The van der Waals surface area contributed by atoms with E-state index < -0.39 is 5.60 Å². The quantitative estimate of drug-likeness (QED) is 0.835. The molecule has 3 heteroatoms. The van der Waals surface area contributed by atoms with Crippen molar-refractivity contribution in [3.8, 4) is 0 Å². The van der Waals surface area contributed by atoms with Crippen molar-refractivity contribution in [1.29, 1.82) is 0 Å². The van der Waals surface area contributed by atoms with Crippen LogP contribution in [0.25, 0.3) is 0 Å². The Labute approximate surface area is 95.1 Å². The van der Waals surface area contributed by atoms with Crippen molar-refractivity contribution < 1.29 is 5.11 Å². The predicted octanol–water partition coefficient (Wildman–Crippen LogP) is 2.27. The van der Waals surface area contributed by atoms with Gasteiger partial charge in [0.15, 0.2) is 0 Å². The van der Waals surface area contributed by atoms with Crippen LogP contribution in [0.4, 0.5) is 0 Å². The lowest BCUT2D eigenvalue weighted by molar-refractivity contribution is 0.0297. The zero-order chi connectivity index (χ0) is 10.7. The lowest BCUT2D eigenvalue weighted by Crippen LogP contribution is -2.43. The third-order valence-electron chi connectivity index (χ3n) is 3.11. The maximum atomic E-state index is 10.5. The van der Waals surface area contributed by atoms with Gasteiger partial charge in [-0.15, -0.1) is 0 Å². The summed E-state index contributed by atoms with van der Waals surface area (Å²) < 4.78 is 0. The highest BCUT2D eigenvalue weighted by Crippen LogP contribution is 2.36. The number of pyridine rings is 1. The van der Waals surface area contributed by atoms with Crippen molar-refractivity contribution in [3.63, 3.8) is 0 Å².